The molecule has 1 saturated heterocycles. The van der Waals surface area contributed by atoms with Crippen molar-refractivity contribution in [2.75, 3.05) is 7.11 Å². The van der Waals surface area contributed by atoms with Crippen molar-refractivity contribution in [3.8, 4) is 5.75 Å². The quantitative estimate of drug-likeness (QED) is 0.664. The van der Waals surface area contributed by atoms with Crippen molar-refractivity contribution in [3.63, 3.8) is 0 Å². The van der Waals surface area contributed by atoms with Gasteiger partial charge in [0.05, 0.1) is 13.2 Å². The van der Waals surface area contributed by atoms with Crippen LogP contribution in [0.25, 0.3) is 0 Å². The molecule has 1 aliphatic heterocycles. The first-order chi connectivity index (χ1) is 14.5. The molecule has 30 heavy (non-hydrogen) atoms. The lowest BCUT2D eigenvalue weighted by Gasteiger charge is -2.34. The van der Waals surface area contributed by atoms with Crippen molar-refractivity contribution in [1.29, 1.82) is 0 Å². The lowest BCUT2D eigenvalue weighted by Crippen LogP contribution is -2.51. The van der Waals surface area contributed by atoms with E-state index in [2.05, 4.69) is 16.0 Å². The van der Waals surface area contributed by atoms with Crippen molar-refractivity contribution < 1.29 is 19.1 Å². The highest BCUT2D eigenvalue weighted by Gasteiger charge is 2.49. The summed E-state index contributed by atoms with van der Waals surface area (Å²) in [7, 11) is 1.62. The second-order valence-corrected chi connectivity index (χ2v) is 7.89. The third kappa shape index (κ3) is 3.87. The summed E-state index contributed by atoms with van der Waals surface area (Å²) in [6.45, 7) is 0. The SMILES string of the molecule is COc1ccc(C(NC(=O)C2CCC3(CC2)NC(=O)NC3=O)c2ccccc2)cc1. The van der Waals surface area contributed by atoms with Gasteiger partial charge in [0.15, 0.2) is 0 Å². The third-order valence-corrected chi connectivity index (χ3v) is 6.09. The summed E-state index contributed by atoms with van der Waals surface area (Å²) < 4.78 is 5.24. The first-order valence-corrected chi connectivity index (χ1v) is 10.1. The fourth-order valence-electron chi connectivity index (χ4n) is 4.31. The van der Waals surface area contributed by atoms with E-state index in [1.165, 1.54) is 0 Å². The zero-order valence-corrected chi connectivity index (χ0v) is 16.8. The number of amides is 4. The summed E-state index contributed by atoms with van der Waals surface area (Å²) in [4.78, 5) is 36.8. The summed E-state index contributed by atoms with van der Waals surface area (Å²) in [6, 6.07) is 16.7. The largest absolute Gasteiger partial charge is 0.497 e. The molecule has 0 bridgehead atoms. The zero-order valence-electron chi connectivity index (χ0n) is 16.8. The normalized spacial score (nSPS) is 24.1. The molecule has 156 valence electrons. The molecule has 1 saturated carbocycles. The van der Waals surface area contributed by atoms with Crippen LogP contribution in [0.2, 0.25) is 0 Å². The smallest absolute Gasteiger partial charge is 0.322 e. The Hall–Kier alpha value is -3.35. The van der Waals surface area contributed by atoms with E-state index in [9.17, 15) is 14.4 Å². The standard InChI is InChI=1S/C23H25N3O4/c1-30-18-9-7-16(8-10-18)19(15-5-3-2-4-6-15)24-20(27)17-11-13-23(14-12-17)21(28)25-22(29)26-23/h2-10,17,19H,11-14H2,1H3,(H,24,27)(H2,25,26,28,29). The monoisotopic (exact) mass is 407 g/mol. The predicted molar refractivity (Wildman–Crippen MR) is 111 cm³/mol. The Bertz CT molecular complexity index is 935. The minimum absolute atomic E-state index is 0.0424. The molecule has 7 nitrogen and oxygen atoms in total. The van der Waals surface area contributed by atoms with Crippen LogP contribution in [0, 0.1) is 5.92 Å². The Morgan fingerprint density at radius 2 is 1.67 bits per heavy atom. The van der Waals surface area contributed by atoms with Crippen LogP contribution in [0.5, 0.6) is 5.75 Å². The number of ether oxygens (including phenoxy) is 1. The van der Waals surface area contributed by atoms with Gasteiger partial charge in [-0.05, 0) is 48.9 Å². The van der Waals surface area contributed by atoms with Crippen LogP contribution in [0.3, 0.4) is 0 Å². The first-order valence-electron chi connectivity index (χ1n) is 10.1. The number of hydrogen-bond donors (Lipinski definition) is 3. The Kier molecular flexibility index (Phi) is 5.44. The van der Waals surface area contributed by atoms with Gasteiger partial charge in [-0.2, -0.15) is 0 Å². The molecule has 0 aromatic heterocycles. The van der Waals surface area contributed by atoms with Crippen molar-refractivity contribution in [3.05, 3.63) is 65.7 Å². The Labute approximate surface area is 175 Å². The molecule has 1 atom stereocenters. The number of rotatable bonds is 5. The van der Waals surface area contributed by atoms with Crippen LogP contribution in [-0.4, -0.2) is 30.5 Å². The van der Waals surface area contributed by atoms with Crippen molar-refractivity contribution in [1.82, 2.24) is 16.0 Å². The predicted octanol–water partition coefficient (Wildman–Crippen LogP) is 2.67. The van der Waals surface area contributed by atoms with E-state index < -0.39 is 11.6 Å². The van der Waals surface area contributed by atoms with Crippen molar-refractivity contribution >= 4 is 17.8 Å². The lowest BCUT2D eigenvalue weighted by molar-refractivity contribution is -0.130. The second-order valence-electron chi connectivity index (χ2n) is 7.89. The number of imide groups is 1. The fraction of sp³-hybridized carbons (Fsp3) is 0.348. The van der Waals surface area contributed by atoms with Crippen LogP contribution in [0.1, 0.15) is 42.9 Å². The zero-order chi connectivity index (χ0) is 21.1. The number of urea groups is 1. The van der Waals surface area contributed by atoms with E-state index in [-0.39, 0.29) is 23.8 Å². The number of carbonyl (C=O) groups excluding carboxylic acids is 3. The number of hydrogen-bond acceptors (Lipinski definition) is 4. The van der Waals surface area contributed by atoms with E-state index in [1.54, 1.807) is 7.11 Å². The molecular weight excluding hydrogens is 382 g/mol. The van der Waals surface area contributed by atoms with Gasteiger partial charge in [-0.3, -0.25) is 14.9 Å². The number of methoxy groups -OCH3 is 1. The minimum Gasteiger partial charge on any atom is -0.497 e. The topological polar surface area (TPSA) is 96.5 Å². The highest BCUT2D eigenvalue weighted by molar-refractivity contribution is 6.07. The van der Waals surface area contributed by atoms with Crippen LogP contribution in [0.15, 0.2) is 54.6 Å². The summed E-state index contributed by atoms with van der Waals surface area (Å²) in [5.74, 6) is 0.225. The van der Waals surface area contributed by atoms with E-state index in [0.29, 0.717) is 25.7 Å². The maximum Gasteiger partial charge on any atom is 0.322 e. The van der Waals surface area contributed by atoms with Crippen LogP contribution >= 0.6 is 0 Å². The molecule has 4 rings (SSSR count). The summed E-state index contributed by atoms with van der Waals surface area (Å²) in [5, 5.41) is 8.23. The summed E-state index contributed by atoms with van der Waals surface area (Å²) >= 11 is 0. The van der Waals surface area contributed by atoms with E-state index in [0.717, 1.165) is 16.9 Å². The van der Waals surface area contributed by atoms with Crippen LogP contribution in [-0.2, 0) is 9.59 Å². The van der Waals surface area contributed by atoms with E-state index >= 15 is 0 Å². The van der Waals surface area contributed by atoms with E-state index in [1.807, 2.05) is 54.6 Å². The highest BCUT2D eigenvalue weighted by atomic mass is 16.5. The maximum atomic E-state index is 13.1. The molecular formula is C23H25N3O4. The number of nitrogens with one attached hydrogen (secondary N) is 3. The van der Waals surface area contributed by atoms with Gasteiger partial charge in [-0.1, -0.05) is 42.5 Å². The lowest BCUT2D eigenvalue weighted by atomic mass is 9.76. The van der Waals surface area contributed by atoms with Gasteiger partial charge in [0.2, 0.25) is 5.91 Å². The average molecular weight is 407 g/mol. The molecule has 1 heterocycles. The molecule has 4 amide bonds. The first kappa shape index (κ1) is 19.9. The van der Waals surface area contributed by atoms with Crippen molar-refractivity contribution in [2.24, 2.45) is 5.92 Å². The molecule has 2 aliphatic rings. The maximum absolute atomic E-state index is 13.1. The molecule has 2 aromatic rings. The Balaban J connectivity index is 1.48. The highest BCUT2D eigenvalue weighted by Crippen LogP contribution is 2.35. The fourth-order valence-corrected chi connectivity index (χ4v) is 4.31. The van der Waals surface area contributed by atoms with Gasteiger partial charge in [-0.25, -0.2) is 4.79 Å². The van der Waals surface area contributed by atoms with Gasteiger partial charge in [-0.15, -0.1) is 0 Å². The molecule has 0 radical (unpaired) electrons. The van der Waals surface area contributed by atoms with Gasteiger partial charge < -0.3 is 15.4 Å². The van der Waals surface area contributed by atoms with Gasteiger partial charge in [0.25, 0.3) is 5.91 Å². The molecule has 2 fully saturated rings. The summed E-state index contributed by atoms with van der Waals surface area (Å²) in [6.07, 6.45) is 2.01. The second kappa shape index (κ2) is 8.18. The van der Waals surface area contributed by atoms with Crippen molar-refractivity contribution in [2.45, 2.75) is 37.3 Å². The van der Waals surface area contributed by atoms with Gasteiger partial charge >= 0.3 is 6.03 Å². The number of carbonyl (C=O) groups is 3. The third-order valence-electron chi connectivity index (χ3n) is 6.09. The molecule has 1 unspecified atom stereocenters. The van der Waals surface area contributed by atoms with Gasteiger partial charge in [0.1, 0.15) is 11.3 Å². The average Bonchev–Trinajstić information content (AvgIpc) is 3.05. The molecule has 2 aromatic carbocycles. The van der Waals surface area contributed by atoms with Gasteiger partial charge in [0, 0.05) is 5.92 Å². The minimum atomic E-state index is -0.858. The van der Waals surface area contributed by atoms with Crippen LogP contribution < -0.4 is 20.7 Å². The molecule has 3 N–H and O–H groups in total. The van der Waals surface area contributed by atoms with Crippen LogP contribution in [0.4, 0.5) is 4.79 Å². The Morgan fingerprint density at radius 1 is 1.03 bits per heavy atom. The Morgan fingerprint density at radius 3 is 2.23 bits per heavy atom. The molecule has 1 spiro atoms. The molecule has 7 heteroatoms. The number of benzene rings is 2. The molecule has 1 aliphatic carbocycles. The summed E-state index contributed by atoms with van der Waals surface area (Å²) in [5.41, 5.74) is 1.10. The van der Waals surface area contributed by atoms with E-state index in [4.69, 9.17) is 4.74 Å².